The summed E-state index contributed by atoms with van der Waals surface area (Å²) in [7, 11) is -2.10. The monoisotopic (exact) mass is 350 g/mol. The van der Waals surface area contributed by atoms with Crippen molar-refractivity contribution in [1.82, 2.24) is 14.3 Å². The number of nitrogens with zero attached hydrogens (tertiary/aromatic N) is 2. The van der Waals surface area contributed by atoms with E-state index in [4.69, 9.17) is 0 Å². The fourth-order valence-electron chi connectivity index (χ4n) is 1.98. The molecule has 2 rings (SSSR count). The molecular weight excluding hydrogens is 332 g/mol. The van der Waals surface area contributed by atoms with Crippen molar-refractivity contribution in [2.24, 2.45) is 0 Å². The number of benzene rings is 1. The Bertz CT molecular complexity index is 921. The second kappa shape index (κ2) is 6.93. The highest BCUT2D eigenvalue weighted by molar-refractivity contribution is 7.88. The van der Waals surface area contributed by atoms with Gasteiger partial charge in [-0.2, -0.15) is 4.31 Å². The van der Waals surface area contributed by atoms with E-state index in [0.717, 1.165) is 10.6 Å². The molecule has 0 saturated carbocycles. The minimum Gasteiger partial charge on any atom is -0.325 e. The van der Waals surface area contributed by atoms with Gasteiger partial charge >= 0.3 is 0 Å². The summed E-state index contributed by atoms with van der Waals surface area (Å²) in [6, 6.07) is 8.14. The molecule has 1 aromatic heterocycles. The molecule has 0 fully saturated rings. The highest BCUT2D eigenvalue weighted by atomic mass is 32.2. The molecule has 0 aliphatic rings. The molecule has 0 aliphatic carbocycles. The molecule has 128 valence electrons. The van der Waals surface area contributed by atoms with Gasteiger partial charge in [0.25, 0.3) is 5.56 Å². The van der Waals surface area contributed by atoms with Crippen LogP contribution in [0.25, 0.3) is 11.4 Å². The minimum absolute atomic E-state index is 0.262. The second-order valence-corrected chi connectivity index (χ2v) is 7.47. The molecule has 0 saturated heterocycles. The van der Waals surface area contributed by atoms with Crippen molar-refractivity contribution in [2.45, 2.75) is 6.92 Å². The Labute approximate surface area is 139 Å². The number of H-pyrrole nitrogens is 1. The summed E-state index contributed by atoms with van der Waals surface area (Å²) >= 11 is 0. The lowest BCUT2D eigenvalue weighted by atomic mass is 10.2. The summed E-state index contributed by atoms with van der Waals surface area (Å²) in [4.78, 5) is 30.3. The summed E-state index contributed by atoms with van der Waals surface area (Å²) in [6.45, 7) is 1.42. The average molecular weight is 350 g/mol. The maximum Gasteiger partial charge on any atom is 0.251 e. The number of carbonyl (C=O) groups excluding carboxylic acids is 1. The molecular formula is C15H18N4O4S. The van der Waals surface area contributed by atoms with Crippen LogP contribution in [-0.4, -0.2) is 48.4 Å². The van der Waals surface area contributed by atoms with Crippen molar-refractivity contribution >= 4 is 21.6 Å². The van der Waals surface area contributed by atoms with E-state index in [1.807, 2.05) is 0 Å². The predicted molar refractivity (Wildman–Crippen MR) is 91.1 cm³/mol. The van der Waals surface area contributed by atoms with Gasteiger partial charge in [-0.3, -0.25) is 9.59 Å². The molecule has 0 spiro atoms. The van der Waals surface area contributed by atoms with Gasteiger partial charge in [0.15, 0.2) is 0 Å². The Morgan fingerprint density at radius 1 is 1.33 bits per heavy atom. The van der Waals surface area contributed by atoms with Crippen LogP contribution in [0.2, 0.25) is 0 Å². The van der Waals surface area contributed by atoms with Crippen LogP contribution in [0.4, 0.5) is 5.69 Å². The topological polar surface area (TPSA) is 112 Å². The van der Waals surface area contributed by atoms with E-state index in [1.54, 1.807) is 31.2 Å². The smallest absolute Gasteiger partial charge is 0.251 e. The molecule has 1 aromatic carbocycles. The number of amides is 1. The summed E-state index contributed by atoms with van der Waals surface area (Å²) in [5.74, 6) is -0.0740. The number of anilines is 1. The van der Waals surface area contributed by atoms with Gasteiger partial charge in [-0.25, -0.2) is 13.4 Å². The number of carbonyl (C=O) groups is 1. The SMILES string of the molecule is Cc1cc(=O)[nH]c(-c2cccc(NC(=O)CN(C)S(C)(=O)=O)c2)n1. The van der Waals surface area contributed by atoms with E-state index in [-0.39, 0.29) is 12.1 Å². The standard InChI is InChI=1S/C15H18N4O4S/c1-10-7-13(20)18-15(16-10)11-5-4-6-12(8-11)17-14(21)9-19(2)24(3,22)23/h4-8H,9H2,1-3H3,(H,17,21)(H,16,18,20). The largest absolute Gasteiger partial charge is 0.325 e. The van der Waals surface area contributed by atoms with E-state index < -0.39 is 15.9 Å². The molecule has 2 N–H and O–H groups in total. The third-order valence-electron chi connectivity index (χ3n) is 3.22. The van der Waals surface area contributed by atoms with Gasteiger partial charge in [0.05, 0.1) is 12.8 Å². The van der Waals surface area contributed by atoms with Crippen LogP contribution >= 0.6 is 0 Å². The van der Waals surface area contributed by atoms with Gasteiger partial charge in [0, 0.05) is 30.1 Å². The van der Waals surface area contributed by atoms with Gasteiger partial charge in [-0.15, -0.1) is 0 Å². The molecule has 24 heavy (non-hydrogen) atoms. The highest BCUT2D eigenvalue weighted by Gasteiger charge is 2.15. The van der Waals surface area contributed by atoms with Crippen LogP contribution in [0.5, 0.6) is 0 Å². The quantitative estimate of drug-likeness (QED) is 0.819. The summed E-state index contributed by atoms with van der Waals surface area (Å²) in [5.41, 5.74) is 1.42. The van der Waals surface area contributed by atoms with Gasteiger partial charge in [0.2, 0.25) is 15.9 Å². The van der Waals surface area contributed by atoms with Crippen molar-refractivity contribution in [1.29, 1.82) is 0 Å². The molecule has 0 unspecified atom stereocenters. The molecule has 1 heterocycles. The third-order valence-corrected chi connectivity index (χ3v) is 4.48. The zero-order valence-corrected chi connectivity index (χ0v) is 14.3. The van der Waals surface area contributed by atoms with Crippen LogP contribution in [0.15, 0.2) is 35.1 Å². The number of aromatic nitrogens is 2. The summed E-state index contributed by atoms with van der Waals surface area (Å²) < 4.78 is 23.6. The third kappa shape index (κ3) is 4.74. The van der Waals surface area contributed by atoms with Crippen LogP contribution in [0, 0.1) is 6.92 Å². The maximum absolute atomic E-state index is 11.9. The summed E-state index contributed by atoms with van der Waals surface area (Å²) in [5, 5.41) is 2.62. The predicted octanol–water partition coefficient (Wildman–Crippen LogP) is 0.575. The molecule has 0 bridgehead atoms. The highest BCUT2D eigenvalue weighted by Crippen LogP contribution is 2.18. The molecule has 8 nitrogen and oxygen atoms in total. The van der Waals surface area contributed by atoms with Crippen molar-refractivity contribution in [2.75, 3.05) is 25.2 Å². The van der Waals surface area contributed by atoms with Crippen molar-refractivity contribution < 1.29 is 13.2 Å². The first kappa shape index (κ1) is 17.8. The van der Waals surface area contributed by atoms with E-state index >= 15 is 0 Å². The number of sulfonamides is 1. The Kier molecular flexibility index (Phi) is 5.15. The number of hydrogen-bond donors (Lipinski definition) is 2. The maximum atomic E-state index is 11.9. The van der Waals surface area contributed by atoms with E-state index in [0.29, 0.717) is 22.8 Å². The Morgan fingerprint density at radius 2 is 2.04 bits per heavy atom. The van der Waals surface area contributed by atoms with E-state index in [2.05, 4.69) is 15.3 Å². The van der Waals surface area contributed by atoms with Crippen molar-refractivity contribution in [3.8, 4) is 11.4 Å². The van der Waals surface area contributed by atoms with Crippen molar-refractivity contribution in [3.63, 3.8) is 0 Å². The average Bonchev–Trinajstić information content (AvgIpc) is 2.45. The normalized spacial score (nSPS) is 11.5. The Balaban J connectivity index is 2.19. The molecule has 0 atom stereocenters. The number of rotatable bonds is 5. The second-order valence-electron chi connectivity index (χ2n) is 5.38. The van der Waals surface area contributed by atoms with Gasteiger partial charge < -0.3 is 10.3 Å². The van der Waals surface area contributed by atoms with Crippen LogP contribution in [-0.2, 0) is 14.8 Å². The van der Waals surface area contributed by atoms with Gasteiger partial charge in [-0.1, -0.05) is 12.1 Å². The number of likely N-dealkylation sites (N-methyl/N-ethyl adjacent to an activating group) is 1. The van der Waals surface area contributed by atoms with Crippen molar-refractivity contribution in [3.05, 3.63) is 46.4 Å². The van der Waals surface area contributed by atoms with Gasteiger partial charge in [-0.05, 0) is 19.1 Å². The lowest BCUT2D eigenvalue weighted by molar-refractivity contribution is -0.116. The van der Waals surface area contributed by atoms with E-state index in [9.17, 15) is 18.0 Å². The minimum atomic E-state index is -3.43. The molecule has 2 aromatic rings. The first-order valence-electron chi connectivity index (χ1n) is 7.05. The lowest BCUT2D eigenvalue weighted by Crippen LogP contribution is -2.34. The van der Waals surface area contributed by atoms with Crippen LogP contribution in [0.1, 0.15) is 5.69 Å². The zero-order chi connectivity index (χ0) is 17.9. The summed E-state index contributed by atoms with van der Waals surface area (Å²) in [6.07, 6.45) is 1.03. The lowest BCUT2D eigenvalue weighted by Gasteiger charge is -2.14. The van der Waals surface area contributed by atoms with Crippen LogP contribution in [0.3, 0.4) is 0 Å². The van der Waals surface area contributed by atoms with Gasteiger partial charge in [0.1, 0.15) is 5.82 Å². The molecule has 0 radical (unpaired) electrons. The number of hydrogen-bond acceptors (Lipinski definition) is 5. The van der Waals surface area contributed by atoms with Crippen LogP contribution < -0.4 is 10.9 Å². The zero-order valence-electron chi connectivity index (χ0n) is 13.5. The first-order valence-corrected chi connectivity index (χ1v) is 8.89. The Hall–Kier alpha value is -2.52. The fourth-order valence-corrected chi connectivity index (χ4v) is 2.33. The molecule has 0 aliphatic heterocycles. The number of aryl methyl sites for hydroxylation is 1. The Morgan fingerprint density at radius 3 is 2.67 bits per heavy atom. The molecule has 1 amide bonds. The van der Waals surface area contributed by atoms with E-state index in [1.165, 1.54) is 13.1 Å². The number of aromatic amines is 1. The molecule has 9 heteroatoms. The fraction of sp³-hybridized carbons (Fsp3) is 0.267. The number of nitrogens with one attached hydrogen (secondary N) is 2. The first-order chi connectivity index (χ1) is 11.1.